The fourth-order valence-electron chi connectivity index (χ4n) is 1.36. The molecule has 2 unspecified atom stereocenters. The Bertz CT molecular complexity index is 471. The van der Waals surface area contributed by atoms with Gasteiger partial charge in [0.05, 0.1) is 5.69 Å². The number of nitrogens with one attached hydrogen (secondary N) is 1. The summed E-state index contributed by atoms with van der Waals surface area (Å²) in [5.74, 6) is -0.244. The third-order valence-corrected chi connectivity index (χ3v) is 4.47. The topological polar surface area (TPSA) is 79.3 Å². The van der Waals surface area contributed by atoms with Crippen LogP contribution in [0.15, 0.2) is 5.38 Å². The van der Waals surface area contributed by atoms with E-state index in [-0.39, 0.29) is 6.04 Å². The number of hydrogen-bond acceptors (Lipinski definition) is 5. The zero-order valence-corrected chi connectivity index (χ0v) is 13.2. The van der Waals surface area contributed by atoms with Crippen molar-refractivity contribution in [3.63, 3.8) is 0 Å². The van der Waals surface area contributed by atoms with Crippen molar-refractivity contribution in [1.82, 2.24) is 4.98 Å². The van der Waals surface area contributed by atoms with Crippen molar-refractivity contribution in [1.29, 1.82) is 0 Å². The van der Waals surface area contributed by atoms with Gasteiger partial charge in [0.1, 0.15) is 5.41 Å². The summed E-state index contributed by atoms with van der Waals surface area (Å²) in [7, 11) is -0.794. The van der Waals surface area contributed by atoms with Gasteiger partial charge in [-0.15, -0.1) is 11.3 Å². The number of anilines is 1. The van der Waals surface area contributed by atoms with E-state index >= 15 is 0 Å². The van der Waals surface area contributed by atoms with Crippen LogP contribution in [0.2, 0.25) is 0 Å². The van der Waals surface area contributed by atoms with E-state index in [2.05, 4.69) is 10.3 Å². The van der Waals surface area contributed by atoms with Crippen LogP contribution in [-0.4, -0.2) is 38.3 Å². The van der Waals surface area contributed by atoms with Crippen molar-refractivity contribution >= 4 is 33.2 Å². The Hall–Kier alpha value is -0.950. The fraction of sp³-hybridized carbons (Fsp3) is 0.667. The summed E-state index contributed by atoms with van der Waals surface area (Å²) >= 11 is 1.39. The first kappa shape index (κ1) is 16.1. The predicted octanol–water partition coefficient (Wildman–Crippen LogP) is 2.07. The molecule has 108 valence electrons. The highest BCUT2D eigenvalue weighted by molar-refractivity contribution is 7.84. The van der Waals surface area contributed by atoms with Gasteiger partial charge in [-0.2, -0.15) is 0 Å². The lowest BCUT2D eigenvalue weighted by Gasteiger charge is -2.16. The molecule has 1 aromatic heterocycles. The van der Waals surface area contributed by atoms with Gasteiger partial charge < -0.3 is 10.4 Å². The molecular weight excluding hydrogens is 284 g/mol. The van der Waals surface area contributed by atoms with Crippen LogP contribution in [0.3, 0.4) is 0 Å². The molecule has 0 aromatic carbocycles. The molecule has 1 aromatic rings. The average molecular weight is 304 g/mol. The number of hydrogen-bond donors (Lipinski definition) is 2. The molecule has 5 nitrogen and oxygen atoms in total. The Kier molecular flexibility index (Phi) is 5.49. The van der Waals surface area contributed by atoms with E-state index in [1.165, 1.54) is 11.3 Å². The van der Waals surface area contributed by atoms with Gasteiger partial charge in [-0.1, -0.05) is 0 Å². The molecule has 0 saturated carbocycles. The monoisotopic (exact) mass is 304 g/mol. The van der Waals surface area contributed by atoms with E-state index in [1.807, 2.05) is 6.92 Å². The molecule has 1 rings (SSSR count). The molecule has 0 aliphatic carbocycles. The minimum absolute atomic E-state index is 0.163. The number of rotatable bonds is 7. The Morgan fingerprint density at radius 2 is 2.26 bits per heavy atom. The number of carboxylic acids is 1. The largest absolute Gasteiger partial charge is 0.481 e. The number of aromatic nitrogens is 1. The molecule has 0 amide bonds. The summed E-state index contributed by atoms with van der Waals surface area (Å²) in [5.41, 5.74) is -0.427. The Morgan fingerprint density at radius 3 is 2.79 bits per heavy atom. The van der Waals surface area contributed by atoms with Gasteiger partial charge >= 0.3 is 5.97 Å². The zero-order chi connectivity index (χ0) is 14.6. The third kappa shape index (κ3) is 4.58. The first-order chi connectivity index (χ1) is 8.73. The van der Waals surface area contributed by atoms with Gasteiger partial charge in [0.25, 0.3) is 0 Å². The Balaban J connectivity index is 2.65. The van der Waals surface area contributed by atoms with Crippen molar-refractivity contribution in [3.05, 3.63) is 11.1 Å². The van der Waals surface area contributed by atoms with Crippen LogP contribution < -0.4 is 5.32 Å². The SMILES string of the molecule is CC(CCS(C)=O)Nc1nc(C(C)(C)C(=O)O)cs1. The molecule has 2 N–H and O–H groups in total. The second-order valence-electron chi connectivity index (χ2n) is 5.08. The molecule has 19 heavy (non-hydrogen) atoms. The maximum absolute atomic E-state index is 11.1. The van der Waals surface area contributed by atoms with E-state index in [4.69, 9.17) is 5.11 Å². The summed E-state index contributed by atoms with van der Waals surface area (Å²) in [6.07, 6.45) is 2.48. The fourth-order valence-corrected chi connectivity index (χ4v) is 3.04. The smallest absolute Gasteiger partial charge is 0.315 e. The van der Waals surface area contributed by atoms with Crippen molar-refractivity contribution in [2.75, 3.05) is 17.3 Å². The molecule has 0 aliphatic rings. The summed E-state index contributed by atoms with van der Waals surface area (Å²) in [5, 5.41) is 14.8. The average Bonchev–Trinajstić information content (AvgIpc) is 2.75. The van der Waals surface area contributed by atoms with Gasteiger partial charge in [-0.25, -0.2) is 4.98 Å². The van der Waals surface area contributed by atoms with Crippen LogP contribution in [0.5, 0.6) is 0 Å². The number of nitrogens with zero attached hydrogens (tertiary/aromatic N) is 1. The zero-order valence-electron chi connectivity index (χ0n) is 11.6. The summed E-state index contributed by atoms with van der Waals surface area (Å²) in [6.45, 7) is 5.27. The Morgan fingerprint density at radius 1 is 1.63 bits per heavy atom. The lowest BCUT2D eigenvalue weighted by Crippen LogP contribution is -2.29. The lowest BCUT2D eigenvalue weighted by molar-refractivity contribution is -0.142. The number of carbonyl (C=O) groups is 1. The number of aliphatic carboxylic acids is 1. The second kappa shape index (κ2) is 6.47. The predicted molar refractivity (Wildman–Crippen MR) is 79.4 cm³/mol. The summed E-state index contributed by atoms with van der Waals surface area (Å²) in [4.78, 5) is 15.5. The molecule has 0 bridgehead atoms. The first-order valence-electron chi connectivity index (χ1n) is 5.99. The quantitative estimate of drug-likeness (QED) is 0.806. The molecule has 7 heteroatoms. The van der Waals surface area contributed by atoms with Crippen molar-refractivity contribution < 1.29 is 14.1 Å². The molecule has 0 aliphatic heterocycles. The van der Waals surface area contributed by atoms with E-state index in [0.717, 1.165) is 6.42 Å². The van der Waals surface area contributed by atoms with Crippen molar-refractivity contribution in [2.45, 2.75) is 38.6 Å². The minimum atomic E-state index is -0.982. The molecular formula is C12H20N2O3S2. The van der Waals surface area contributed by atoms with E-state index in [1.54, 1.807) is 25.5 Å². The molecule has 1 heterocycles. The number of thiazole rings is 1. The first-order valence-corrected chi connectivity index (χ1v) is 8.60. The van der Waals surface area contributed by atoms with E-state index < -0.39 is 22.2 Å². The molecule has 0 spiro atoms. The van der Waals surface area contributed by atoms with Gasteiger partial charge in [-0.05, 0) is 27.2 Å². The Labute approximate surface area is 119 Å². The normalized spacial score (nSPS) is 14.9. The number of carboxylic acid groups (broad SMARTS) is 1. The van der Waals surface area contributed by atoms with Crippen LogP contribution in [0, 0.1) is 0 Å². The van der Waals surface area contributed by atoms with Crippen LogP contribution >= 0.6 is 11.3 Å². The van der Waals surface area contributed by atoms with E-state index in [0.29, 0.717) is 16.6 Å². The van der Waals surface area contributed by atoms with Crippen LogP contribution in [-0.2, 0) is 21.0 Å². The standard InChI is InChI=1S/C12H20N2O3S2/c1-8(5-6-19(4)17)13-11-14-9(7-18-11)12(2,3)10(15)16/h7-8H,5-6H2,1-4H3,(H,13,14)(H,15,16). The van der Waals surface area contributed by atoms with Gasteiger partial charge in [0.2, 0.25) is 0 Å². The molecule has 0 radical (unpaired) electrons. The van der Waals surface area contributed by atoms with Crippen molar-refractivity contribution in [2.24, 2.45) is 0 Å². The van der Waals surface area contributed by atoms with Crippen LogP contribution in [0.25, 0.3) is 0 Å². The van der Waals surface area contributed by atoms with Crippen molar-refractivity contribution in [3.8, 4) is 0 Å². The third-order valence-electron chi connectivity index (χ3n) is 2.89. The highest BCUT2D eigenvalue weighted by Crippen LogP contribution is 2.27. The summed E-state index contributed by atoms with van der Waals surface area (Å²) < 4.78 is 11.0. The maximum Gasteiger partial charge on any atom is 0.315 e. The van der Waals surface area contributed by atoms with Crippen LogP contribution in [0.4, 0.5) is 5.13 Å². The summed E-state index contributed by atoms with van der Waals surface area (Å²) in [6, 6.07) is 0.163. The maximum atomic E-state index is 11.1. The van der Waals surface area contributed by atoms with E-state index in [9.17, 15) is 9.00 Å². The molecule has 0 saturated heterocycles. The second-order valence-corrected chi connectivity index (χ2v) is 7.49. The van der Waals surface area contributed by atoms with Gasteiger partial charge in [-0.3, -0.25) is 9.00 Å². The lowest BCUT2D eigenvalue weighted by atomic mass is 9.90. The van der Waals surface area contributed by atoms with Gasteiger partial charge in [0, 0.05) is 34.2 Å². The molecule has 0 fully saturated rings. The van der Waals surface area contributed by atoms with Gasteiger partial charge in [0.15, 0.2) is 5.13 Å². The van der Waals surface area contributed by atoms with Crippen LogP contribution in [0.1, 0.15) is 32.9 Å². The minimum Gasteiger partial charge on any atom is -0.481 e. The molecule has 2 atom stereocenters. The highest BCUT2D eigenvalue weighted by Gasteiger charge is 2.32. The highest BCUT2D eigenvalue weighted by atomic mass is 32.2.